The van der Waals surface area contributed by atoms with Gasteiger partial charge in [-0.05, 0) is 97.4 Å². The third kappa shape index (κ3) is 4.84. The van der Waals surface area contributed by atoms with Gasteiger partial charge in [-0.25, -0.2) is 4.98 Å². The summed E-state index contributed by atoms with van der Waals surface area (Å²) in [5, 5.41) is 7.22. The van der Waals surface area contributed by atoms with Crippen LogP contribution in [0.5, 0.6) is 0 Å². The predicted octanol–water partition coefficient (Wildman–Crippen LogP) is 12.8. The lowest BCUT2D eigenvalue weighted by atomic mass is 9.97. The first-order valence-electron chi connectivity index (χ1n) is 17.7. The van der Waals surface area contributed by atoms with E-state index in [0.29, 0.717) is 0 Å². The number of aryl methyl sites for hydroxylation is 2. The van der Waals surface area contributed by atoms with E-state index in [1.807, 2.05) is 6.20 Å². The summed E-state index contributed by atoms with van der Waals surface area (Å²) < 4.78 is 2.36. The van der Waals surface area contributed by atoms with Crippen LogP contribution in [0.3, 0.4) is 0 Å². The third-order valence-corrected chi connectivity index (χ3v) is 10.3. The van der Waals surface area contributed by atoms with Crippen molar-refractivity contribution in [3.63, 3.8) is 0 Å². The molecule has 0 N–H and O–H groups in total. The average molecular weight is 667 g/mol. The molecule has 0 aliphatic carbocycles. The summed E-state index contributed by atoms with van der Waals surface area (Å²) in [6, 6.07) is 58.6. The highest BCUT2D eigenvalue weighted by atomic mass is 15.1. The Labute approximate surface area is 301 Å². The normalized spacial score (nSPS) is 11.7. The largest absolute Gasteiger partial charge is 0.311 e. The van der Waals surface area contributed by atoms with E-state index in [4.69, 9.17) is 9.97 Å². The van der Waals surface area contributed by atoms with Gasteiger partial charge in [0, 0.05) is 49.9 Å². The number of hydrogen-bond acceptors (Lipinski definition) is 3. The van der Waals surface area contributed by atoms with Crippen LogP contribution in [-0.4, -0.2) is 14.5 Å². The van der Waals surface area contributed by atoms with E-state index >= 15 is 0 Å². The minimum Gasteiger partial charge on any atom is -0.311 e. The molecule has 0 radical (unpaired) electrons. The van der Waals surface area contributed by atoms with Crippen LogP contribution in [0.25, 0.3) is 71.3 Å². The predicted molar refractivity (Wildman–Crippen MR) is 218 cm³/mol. The number of nitrogens with zero attached hydrogens (tertiary/aromatic N) is 4. The van der Waals surface area contributed by atoms with Gasteiger partial charge in [0.05, 0.1) is 34.0 Å². The van der Waals surface area contributed by atoms with Gasteiger partial charge in [0.2, 0.25) is 0 Å². The molecule has 52 heavy (non-hydrogen) atoms. The van der Waals surface area contributed by atoms with Gasteiger partial charge in [-0.2, -0.15) is 0 Å². The van der Waals surface area contributed by atoms with Crippen molar-refractivity contribution in [2.75, 3.05) is 4.90 Å². The van der Waals surface area contributed by atoms with Crippen molar-refractivity contribution in [2.45, 2.75) is 13.8 Å². The van der Waals surface area contributed by atoms with Crippen molar-refractivity contribution in [1.82, 2.24) is 14.5 Å². The number of benzene rings is 8. The number of anilines is 3. The molecule has 0 saturated carbocycles. The molecule has 0 saturated heterocycles. The van der Waals surface area contributed by atoms with Crippen molar-refractivity contribution in [2.24, 2.45) is 0 Å². The Bertz CT molecular complexity index is 2910. The van der Waals surface area contributed by atoms with Gasteiger partial charge < -0.3 is 9.47 Å². The van der Waals surface area contributed by atoms with Crippen LogP contribution < -0.4 is 4.90 Å². The molecule has 0 fully saturated rings. The van der Waals surface area contributed by atoms with Crippen LogP contribution in [0.2, 0.25) is 0 Å². The second-order valence-electron chi connectivity index (χ2n) is 13.7. The van der Waals surface area contributed by atoms with Crippen LogP contribution in [0.1, 0.15) is 11.1 Å². The van der Waals surface area contributed by atoms with Crippen LogP contribution in [0.15, 0.2) is 170 Å². The van der Waals surface area contributed by atoms with Gasteiger partial charge in [-0.15, -0.1) is 0 Å². The van der Waals surface area contributed by atoms with Gasteiger partial charge in [-0.3, -0.25) is 4.98 Å². The van der Waals surface area contributed by atoms with Crippen LogP contribution in [0, 0.1) is 13.8 Å². The molecule has 0 unspecified atom stereocenters. The van der Waals surface area contributed by atoms with E-state index in [2.05, 4.69) is 187 Å². The lowest BCUT2D eigenvalue weighted by molar-refractivity contribution is 1.17. The summed E-state index contributed by atoms with van der Waals surface area (Å²) in [6.07, 6.45) is 1.92. The number of aromatic nitrogens is 3. The molecule has 0 bridgehead atoms. The standard InChI is InChI=1S/C48H34N4/c1-31-16-26-38-39-27-17-32(2)29-43(39)48-47(42(38)28-31)49-30-44(50-48)33-18-20-35(21-19-33)51(34-10-4-3-5-11-34)36-22-24-37(25-23-36)52-45-14-8-6-12-40(45)41-13-7-9-15-46(41)52/h3-30H,1-2H3. The molecule has 2 heterocycles. The summed E-state index contributed by atoms with van der Waals surface area (Å²) in [4.78, 5) is 12.6. The van der Waals surface area contributed by atoms with Gasteiger partial charge in [-0.1, -0.05) is 102 Å². The maximum atomic E-state index is 5.28. The molecule has 10 aromatic rings. The molecule has 0 atom stereocenters. The third-order valence-electron chi connectivity index (χ3n) is 10.3. The van der Waals surface area contributed by atoms with Crippen molar-refractivity contribution >= 4 is 71.4 Å². The van der Waals surface area contributed by atoms with E-state index in [9.17, 15) is 0 Å². The van der Waals surface area contributed by atoms with E-state index in [1.165, 1.54) is 43.7 Å². The topological polar surface area (TPSA) is 34.0 Å². The molecule has 2 aromatic heterocycles. The summed E-state index contributed by atoms with van der Waals surface area (Å²) in [5.41, 5.74) is 13.0. The zero-order valence-corrected chi connectivity index (χ0v) is 29.0. The fourth-order valence-electron chi connectivity index (χ4n) is 7.85. The zero-order chi connectivity index (χ0) is 34.8. The van der Waals surface area contributed by atoms with Crippen LogP contribution in [-0.2, 0) is 0 Å². The Hall–Kier alpha value is -6.78. The van der Waals surface area contributed by atoms with Crippen molar-refractivity contribution < 1.29 is 0 Å². The van der Waals surface area contributed by atoms with Crippen molar-refractivity contribution in [3.8, 4) is 16.9 Å². The summed E-state index contributed by atoms with van der Waals surface area (Å²) in [6.45, 7) is 4.27. The highest BCUT2D eigenvalue weighted by molar-refractivity contribution is 6.23. The first kappa shape index (κ1) is 30.1. The second-order valence-corrected chi connectivity index (χ2v) is 13.7. The van der Waals surface area contributed by atoms with E-state index in [-0.39, 0.29) is 0 Å². The summed E-state index contributed by atoms with van der Waals surface area (Å²) in [7, 11) is 0. The molecule has 0 spiro atoms. The molecule has 8 aromatic carbocycles. The molecule has 0 aliphatic heterocycles. The number of fused-ring (bicyclic) bond motifs is 9. The van der Waals surface area contributed by atoms with Crippen molar-refractivity contribution in [1.29, 1.82) is 0 Å². The Morgan fingerprint density at radius 2 is 0.962 bits per heavy atom. The van der Waals surface area contributed by atoms with E-state index in [0.717, 1.165) is 55.8 Å². The Morgan fingerprint density at radius 1 is 0.442 bits per heavy atom. The highest BCUT2D eigenvalue weighted by Crippen LogP contribution is 2.39. The molecule has 4 nitrogen and oxygen atoms in total. The molecule has 0 aliphatic rings. The molecule has 10 rings (SSSR count). The summed E-state index contributed by atoms with van der Waals surface area (Å²) in [5.74, 6) is 0. The number of rotatable bonds is 5. The SMILES string of the molecule is Cc1ccc2c3ccc(C)cc3c3nc(-c4ccc(N(c5ccccc5)c5ccc(-n6c7ccccc7c7ccccc76)cc5)cc4)cnc3c2c1. The van der Waals surface area contributed by atoms with Gasteiger partial charge in [0.1, 0.15) is 0 Å². The van der Waals surface area contributed by atoms with Crippen LogP contribution >= 0.6 is 0 Å². The quantitative estimate of drug-likeness (QED) is 0.171. The van der Waals surface area contributed by atoms with Gasteiger partial charge in [0.25, 0.3) is 0 Å². The minimum atomic E-state index is 0.857. The smallest absolute Gasteiger partial charge is 0.0979 e. The molecular weight excluding hydrogens is 633 g/mol. The number of para-hydroxylation sites is 3. The van der Waals surface area contributed by atoms with E-state index < -0.39 is 0 Å². The Morgan fingerprint density at radius 3 is 1.58 bits per heavy atom. The molecule has 4 heteroatoms. The minimum absolute atomic E-state index is 0.857. The highest BCUT2D eigenvalue weighted by Gasteiger charge is 2.17. The van der Waals surface area contributed by atoms with Gasteiger partial charge >= 0.3 is 0 Å². The fourth-order valence-corrected chi connectivity index (χ4v) is 7.85. The second kappa shape index (κ2) is 11.9. The first-order valence-corrected chi connectivity index (χ1v) is 17.7. The molecular formula is C48H34N4. The molecule has 246 valence electrons. The monoisotopic (exact) mass is 666 g/mol. The lowest BCUT2D eigenvalue weighted by Gasteiger charge is -2.26. The summed E-state index contributed by atoms with van der Waals surface area (Å²) >= 11 is 0. The Kier molecular flexibility index (Phi) is 6.90. The zero-order valence-electron chi connectivity index (χ0n) is 29.0. The first-order chi connectivity index (χ1) is 25.6. The van der Waals surface area contributed by atoms with Gasteiger partial charge in [0.15, 0.2) is 0 Å². The fraction of sp³-hybridized carbons (Fsp3) is 0.0417. The van der Waals surface area contributed by atoms with Crippen molar-refractivity contribution in [3.05, 3.63) is 181 Å². The maximum absolute atomic E-state index is 5.28. The van der Waals surface area contributed by atoms with E-state index in [1.54, 1.807) is 0 Å². The molecule has 0 amide bonds. The lowest BCUT2D eigenvalue weighted by Crippen LogP contribution is -2.10. The average Bonchev–Trinajstić information content (AvgIpc) is 3.53. The number of hydrogen-bond donors (Lipinski definition) is 0. The maximum Gasteiger partial charge on any atom is 0.0979 e. The Balaban J connectivity index is 1.06. The van der Waals surface area contributed by atoms with Crippen LogP contribution in [0.4, 0.5) is 17.1 Å².